The summed E-state index contributed by atoms with van der Waals surface area (Å²) in [6, 6.07) is 9.97. The van der Waals surface area contributed by atoms with Crippen molar-refractivity contribution in [3.05, 3.63) is 81.4 Å². The Kier molecular flexibility index (Phi) is 5.55. The first-order valence-corrected chi connectivity index (χ1v) is 10.9. The van der Waals surface area contributed by atoms with Crippen LogP contribution in [0.5, 0.6) is 0 Å². The Hall–Kier alpha value is -3.36. The summed E-state index contributed by atoms with van der Waals surface area (Å²) in [5, 5.41) is 0.538. The van der Waals surface area contributed by atoms with Crippen LogP contribution >= 0.6 is 11.6 Å². The van der Waals surface area contributed by atoms with E-state index in [0.717, 1.165) is 5.56 Å². The molecule has 0 bridgehead atoms. The van der Waals surface area contributed by atoms with Gasteiger partial charge in [-0.3, -0.25) is 14.3 Å². The second-order valence-corrected chi connectivity index (χ2v) is 8.40. The van der Waals surface area contributed by atoms with E-state index >= 15 is 0 Å². The lowest BCUT2D eigenvalue weighted by atomic mass is 10.1. The quantitative estimate of drug-likeness (QED) is 0.454. The van der Waals surface area contributed by atoms with Crippen molar-refractivity contribution in [2.24, 2.45) is 7.05 Å². The molecule has 1 atom stereocenters. The summed E-state index contributed by atoms with van der Waals surface area (Å²) in [6.45, 7) is 3.39. The Morgan fingerprint density at radius 3 is 2.82 bits per heavy atom. The van der Waals surface area contributed by atoms with Crippen molar-refractivity contribution in [1.82, 2.24) is 19.5 Å². The predicted molar refractivity (Wildman–Crippen MR) is 125 cm³/mol. The van der Waals surface area contributed by atoms with Gasteiger partial charge in [-0.05, 0) is 31.2 Å². The minimum atomic E-state index is -0.550. The Balaban J connectivity index is 1.67. The van der Waals surface area contributed by atoms with Crippen LogP contribution in [0.3, 0.4) is 0 Å². The summed E-state index contributed by atoms with van der Waals surface area (Å²) >= 11 is 5.96. The van der Waals surface area contributed by atoms with Crippen molar-refractivity contribution in [1.29, 1.82) is 0 Å². The van der Waals surface area contributed by atoms with Gasteiger partial charge in [0.15, 0.2) is 0 Å². The van der Waals surface area contributed by atoms with Crippen molar-refractivity contribution in [2.75, 3.05) is 24.6 Å². The highest BCUT2D eigenvalue weighted by atomic mass is 35.5. The van der Waals surface area contributed by atoms with Crippen LogP contribution in [-0.2, 0) is 11.8 Å². The lowest BCUT2D eigenvalue weighted by Gasteiger charge is -2.34. The zero-order chi connectivity index (χ0) is 23.1. The van der Waals surface area contributed by atoms with Gasteiger partial charge in [0.2, 0.25) is 0 Å². The lowest BCUT2D eigenvalue weighted by molar-refractivity contribution is 0.0393. The first kappa shape index (κ1) is 21.5. The molecule has 0 spiro atoms. The number of halogens is 2. The molecule has 33 heavy (non-hydrogen) atoms. The van der Waals surface area contributed by atoms with Gasteiger partial charge in [-0.2, -0.15) is 0 Å². The van der Waals surface area contributed by atoms with E-state index in [9.17, 15) is 9.18 Å². The summed E-state index contributed by atoms with van der Waals surface area (Å²) < 4.78 is 22.3. The van der Waals surface area contributed by atoms with Gasteiger partial charge in [-0.25, -0.2) is 14.4 Å². The third-order valence-electron chi connectivity index (χ3n) is 5.90. The number of ether oxygens (including phenoxy) is 1. The SMILES string of the molecule is Cc1nc2cc(N3CCO[C@@H](c4cccnc4)C3)nc(-c3ccc(Cl)cc3F)c2c(=O)n1C. The van der Waals surface area contributed by atoms with Crippen LogP contribution in [0.15, 0.2) is 53.6 Å². The molecule has 4 heterocycles. The molecule has 9 heteroatoms. The molecule has 168 valence electrons. The topological polar surface area (TPSA) is 73.1 Å². The zero-order valence-electron chi connectivity index (χ0n) is 18.1. The summed E-state index contributed by atoms with van der Waals surface area (Å²) in [7, 11) is 1.64. The number of rotatable bonds is 3. The second-order valence-electron chi connectivity index (χ2n) is 7.96. The van der Waals surface area contributed by atoms with Crippen LogP contribution in [0.25, 0.3) is 22.2 Å². The molecule has 1 aliphatic rings. The molecule has 0 unspecified atom stereocenters. The largest absolute Gasteiger partial charge is 0.370 e. The second kappa shape index (κ2) is 8.53. The van der Waals surface area contributed by atoms with Crippen LogP contribution in [-0.4, -0.2) is 39.2 Å². The third-order valence-corrected chi connectivity index (χ3v) is 6.14. The normalized spacial score (nSPS) is 16.4. The van der Waals surface area contributed by atoms with Gasteiger partial charge in [-0.1, -0.05) is 17.7 Å². The van der Waals surface area contributed by atoms with E-state index in [2.05, 4.69) is 14.9 Å². The number of nitrogens with zero attached hydrogens (tertiary/aromatic N) is 5. The molecule has 1 fully saturated rings. The summed E-state index contributed by atoms with van der Waals surface area (Å²) in [6.07, 6.45) is 3.32. The van der Waals surface area contributed by atoms with Crippen LogP contribution in [0, 0.1) is 12.7 Å². The number of anilines is 1. The molecule has 0 aliphatic carbocycles. The van der Waals surface area contributed by atoms with E-state index in [1.54, 1.807) is 44.6 Å². The number of benzene rings is 1. The van der Waals surface area contributed by atoms with E-state index in [1.165, 1.54) is 10.6 Å². The highest BCUT2D eigenvalue weighted by molar-refractivity contribution is 6.30. The van der Waals surface area contributed by atoms with Crippen LogP contribution in [0.2, 0.25) is 5.02 Å². The predicted octanol–water partition coefficient (Wildman–Crippen LogP) is 4.07. The first-order chi connectivity index (χ1) is 15.9. The summed E-state index contributed by atoms with van der Waals surface area (Å²) in [5.74, 6) is 0.609. The maximum absolute atomic E-state index is 14.9. The monoisotopic (exact) mass is 465 g/mol. The number of morpholine rings is 1. The van der Waals surface area contributed by atoms with E-state index in [0.29, 0.717) is 36.9 Å². The van der Waals surface area contributed by atoms with E-state index < -0.39 is 5.82 Å². The Bertz CT molecular complexity index is 1410. The van der Waals surface area contributed by atoms with E-state index in [4.69, 9.17) is 21.3 Å². The number of aryl methyl sites for hydroxylation is 1. The molecular weight excluding hydrogens is 445 g/mol. The molecule has 0 amide bonds. The van der Waals surface area contributed by atoms with Crippen LogP contribution in [0.1, 0.15) is 17.5 Å². The Morgan fingerprint density at radius 1 is 1.21 bits per heavy atom. The fourth-order valence-corrected chi connectivity index (χ4v) is 4.20. The molecule has 0 N–H and O–H groups in total. The molecule has 0 radical (unpaired) electrons. The number of pyridine rings is 2. The molecular formula is C24H21ClFN5O2. The number of fused-ring (bicyclic) bond motifs is 1. The summed E-state index contributed by atoms with van der Waals surface area (Å²) in [5.41, 5.74) is 1.60. The molecule has 1 saturated heterocycles. The van der Waals surface area contributed by atoms with Crippen LogP contribution < -0.4 is 10.5 Å². The standard InChI is InChI=1S/C24H21ClFN5O2/c1-14-28-19-11-21(31-8-9-33-20(13-31)15-4-3-7-27-12-15)29-23(22(19)24(32)30(14)2)17-6-5-16(25)10-18(17)26/h3-7,10-12,20H,8-9,13H2,1-2H3/t20-/m1/s1. The molecule has 4 aromatic rings. The average molecular weight is 466 g/mol. The van der Waals surface area contributed by atoms with Crippen molar-refractivity contribution in [3.63, 3.8) is 0 Å². The minimum Gasteiger partial charge on any atom is -0.370 e. The molecule has 3 aromatic heterocycles. The van der Waals surface area contributed by atoms with Crippen LogP contribution in [0.4, 0.5) is 10.2 Å². The fraction of sp³-hybridized carbons (Fsp3) is 0.250. The summed E-state index contributed by atoms with van der Waals surface area (Å²) in [4.78, 5) is 28.8. The Labute approximate surface area is 194 Å². The molecule has 1 aromatic carbocycles. The molecule has 0 saturated carbocycles. The maximum atomic E-state index is 14.9. The highest BCUT2D eigenvalue weighted by Gasteiger charge is 2.25. The van der Waals surface area contributed by atoms with Gasteiger partial charge in [-0.15, -0.1) is 0 Å². The minimum absolute atomic E-state index is 0.181. The molecule has 1 aliphatic heterocycles. The van der Waals surface area contributed by atoms with Crippen molar-refractivity contribution in [2.45, 2.75) is 13.0 Å². The maximum Gasteiger partial charge on any atom is 0.263 e. The van der Waals surface area contributed by atoms with Gasteiger partial charge in [0.1, 0.15) is 23.6 Å². The fourth-order valence-electron chi connectivity index (χ4n) is 4.05. The molecule has 5 rings (SSSR count). The zero-order valence-corrected chi connectivity index (χ0v) is 18.9. The van der Waals surface area contributed by atoms with Gasteiger partial charge in [0.25, 0.3) is 5.56 Å². The number of hydrogen-bond acceptors (Lipinski definition) is 6. The molecule has 7 nitrogen and oxygen atoms in total. The van der Waals surface area contributed by atoms with Crippen molar-refractivity contribution in [3.8, 4) is 11.3 Å². The Morgan fingerprint density at radius 2 is 2.06 bits per heavy atom. The highest BCUT2D eigenvalue weighted by Crippen LogP contribution is 2.32. The van der Waals surface area contributed by atoms with Gasteiger partial charge >= 0.3 is 0 Å². The van der Waals surface area contributed by atoms with Gasteiger partial charge < -0.3 is 9.64 Å². The van der Waals surface area contributed by atoms with Gasteiger partial charge in [0.05, 0.1) is 23.2 Å². The van der Waals surface area contributed by atoms with Crippen molar-refractivity contribution >= 4 is 28.3 Å². The number of hydrogen-bond donors (Lipinski definition) is 0. The average Bonchev–Trinajstić information content (AvgIpc) is 2.82. The lowest BCUT2D eigenvalue weighted by Crippen LogP contribution is -2.39. The number of aromatic nitrogens is 4. The van der Waals surface area contributed by atoms with E-state index in [1.807, 2.05) is 12.1 Å². The van der Waals surface area contributed by atoms with E-state index in [-0.39, 0.29) is 33.3 Å². The van der Waals surface area contributed by atoms with Gasteiger partial charge in [0, 0.05) is 54.7 Å². The first-order valence-electron chi connectivity index (χ1n) is 10.5. The third kappa shape index (κ3) is 3.96. The van der Waals surface area contributed by atoms with Crippen molar-refractivity contribution < 1.29 is 9.13 Å². The smallest absolute Gasteiger partial charge is 0.263 e.